The fourth-order valence-corrected chi connectivity index (χ4v) is 1.97. The van der Waals surface area contributed by atoms with E-state index in [-0.39, 0.29) is 0 Å². The number of benzene rings is 2. The number of hydrogen-bond donors (Lipinski definition) is 2. The van der Waals surface area contributed by atoms with Crippen LogP contribution in [0.3, 0.4) is 0 Å². The zero-order valence-corrected chi connectivity index (χ0v) is 11.5. The quantitative estimate of drug-likeness (QED) is 0.656. The molecule has 0 saturated carbocycles. The lowest BCUT2D eigenvalue weighted by molar-refractivity contribution is 0.333. The fourth-order valence-electron chi connectivity index (χ4n) is 1.57. The summed E-state index contributed by atoms with van der Waals surface area (Å²) < 4.78 is 6.64. The van der Waals surface area contributed by atoms with Gasteiger partial charge in [0.25, 0.3) is 0 Å². The van der Waals surface area contributed by atoms with Crippen molar-refractivity contribution in [2.45, 2.75) is 0 Å². The van der Waals surface area contributed by atoms with E-state index in [0.717, 1.165) is 22.5 Å². The van der Waals surface area contributed by atoms with Gasteiger partial charge in [-0.2, -0.15) is 0 Å². The Kier molecular flexibility index (Phi) is 4.47. The second-order valence-electron chi connectivity index (χ2n) is 3.86. The third-order valence-electron chi connectivity index (χ3n) is 2.38. The van der Waals surface area contributed by atoms with E-state index >= 15 is 0 Å². The molecule has 0 saturated heterocycles. The van der Waals surface area contributed by atoms with E-state index in [4.69, 9.17) is 10.5 Å². The van der Waals surface area contributed by atoms with Crippen molar-refractivity contribution in [1.82, 2.24) is 0 Å². The lowest BCUT2D eigenvalue weighted by Crippen LogP contribution is -2.11. The summed E-state index contributed by atoms with van der Waals surface area (Å²) in [4.78, 5) is 0. The van der Waals surface area contributed by atoms with E-state index < -0.39 is 0 Å². The molecule has 3 N–H and O–H groups in total. The van der Waals surface area contributed by atoms with Crippen LogP contribution in [0.2, 0.25) is 0 Å². The first-order valence-electron chi connectivity index (χ1n) is 5.72. The van der Waals surface area contributed by atoms with Gasteiger partial charge in [0.2, 0.25) is 0 Å². The molecule has 0 aliphatic rings. The van der Waals surface area contributed by atoms with Crippen molar-refractivity contribution in [2.24, 2.45) is 0 Å². The van der Waals surface area contributed by atoms with Gasteiger partial charge in [0.15, 0.2) is 0 Å². The molecule has 0 unspecified atom stereocenters. The second-order valence-corrected chi connectivity index (χ2v) is 4.77. The third-order valence-corrected chi connectivity index (χ3v) is 2.88. The number of nitrogens with one attached hydrogen (secondary N) is 1. The average Bonchev–Trinajstić information content (AvgIpc) is 2.35. The predicted octanol–water partition coefficient (Wildman–Crippen LogP) is 3.52. The van der Waals surface area contributed by atoms with Gasteiger partial charge in [-0.25, -0.2) is 0 Å². The minimum atomic E-state index is 0.593. The van der Waals surface area contributed by atoms with Gasteiger partial charge >= 0.3 is 0 Å². The highest BCUT2D eigenvalue weighted by Gasteiger charge is 1.95. The number of nitrogens with two attached hydrogens (primary N) is 1. The van der Waals surface area contributed by atoms with Gasteiger partial charge in [-0.15, -0.1) is 0 Å². The number of rotatable bonds is 5. The SMILES string of the molecule is Nc1cccc(OCCNc2cccc(Br)c2)c1. The summed E-state index contributed by atoms with van der Waals surface area (Å²) in [5.74, 6) is 0.797. The van der Waals surface area contributed by atoms with Gasteiger partial charge in [0.05, 0.1) is 0 Å². The van der Waals surface area contributed by atoms with Crippen LogP contribution >= 0.6 is 15.9 Å². The van der Waals surface area contributed by atoms with Crippen LogP contribution in [0.15, 0.2) is 53.0 Å². The number of ether oxygens (including phenoxy) is 1. The standard InChI is InChI=1S/C14H15BrN2O/c15-11-3-1-5-13(9-11)17-7-8-18-14-6-2-4-12(16)10-14/h1-6,9-10,17H,7-8,16H2. The van der Waals surface area contributed by atoms with Gasteiger partial charge in [0, 0.05) is 28.5 Å². The monoisotopic (exact) mass is 306 g/mol. The maximum Gasteiger partial charge on any atom is 0.121 e. The van der Waals surface area contributed by atoms with Gasteiger partial charge in [-0.3, -0.25) is 0 Å². The second kappa shape index (κ2) is 6.31. The first-order chi connectivity index (χ1) is 8.74. The van der Waals surface area contributed by atoms with Crippen LogP contribution in [-0.2, 0) is 0 Å². The molecule has 0 amide bonds. The minimum Gasteiger partial charge on any atom is -0.492 e. The molecule has 3 nitrogen and oxygen atoms in total. The molecule has 0 aliphatic carbocycles. The summed E-state index contributed by atoms with van der Waals surface area (Å²) in [5.41, 5.74) is 7.45. The molecule has 0 atom stereocenters. The Bertz CT molecular complexity index is 469. The number of hydrogen-bond acceptors (Lipinski definition) is 3. The minimum absolute atomic E-state index is 0.593. The van der Waals surface area contributed by atoms with Crippen molar-refractivity contribution in [3.63, 3.8) is 0 Å². The van der Waals surface area contributed by atoms with Crippen LogP contribution in [0.5, 0.6) is 5.75 Å². The van der Waals surface area contributed by atoms with Gasteiger partial charge in [-0.1, -0.05) is 28.1 Å². The first kappa shape index (κ1) is 12.8. The van der Waals surface area contributed by atoms with Gasteiger partial charge in [0.1, 0.15) is 12.4 Å². The number of halogens is 1. The Labute approximate surface area is 115 Å². The first-order valence-corrected chi connectivity index (χ1v) is 6.51. The van der Waals surface area contributed by atoms with E-state index in [1.807, 2.05) is 48.5 Å². The lowest BCUT2D eigenvalue weighted by atomic mass is 10.3. The largest absolute Gasteiger partial charge is 0.492 e. The van der Waals surface area contributed by atoms with Gasteiger partial charge < -0.3 is 15.8 Å². The molecule has 0 fully saturated rings. The topological polar surface area (TPSA) is 47.3 Å². The summed E-state index contributed by atoms with van der Waals surface area (Å²) in [6, 6.07) is 15.5. The molecular formula is C14H15BrN2O. The van der Waals surface area contributed by atoms with Crippen molar-refractivity contribution in [1.29, 1.82) is 0 Å². The van der Waals surface area contributed by atoms with Crippen LogP contribution in [0.1, 0.15) is 0 Å². The summed E-state index contributed by atoms with van der Waals surface area (Å²) in [6.07, 6.45) is 0. The zero-order chi connectivity index (χ0) is 12.8. The predicted molar refractivity (Wildman–Crippen MR) is 79.0 cm³/mol. The molecule has 0 bridgehead atoms. The summed E-state index contributed by atoms with van der Waals surface area (Å²) in [7, 11) is 0. The maximum absolute atomic E-state index is 5.67. The van der Waals surface area contributed by atoms with E-state index in [2.05, 4.69) is 21.2 Å². The molecular weight excluding hydrogens is 292 g/mol. The molecule has 94 valence electrons. The Morgan fingerprint density at radius 3 is 2.72 bits per heavy atom. The molecule has 0 spiro atoms. The normalized spacial score (nSPS) is 10.1. The molecule has 4 heteroatoms. The molecule has 2 aromatic rings. The van der Waals surface area contributed by atoms with Gasteiger partial charge in [-0.05, 0) is 30.3 Å². The van der Waals surface area contributed by atoms with Crippen LogP contribution in [0.4, 0.5) is 11.4 Å². The van der Waals surface area contributed by atoms with E-state index in [9.17, 15) is 0 Å². The van der Waals surface area contributed by atoms with E-state index in [0.29, 0.717) is 12.3 Å². The molecule has 2 rings (SSSR count). The Balaban J connectivity index is 1.76. The summed E-state index contributed by atoms with van der Waals surface area (Å²) >= 11 is 3.43. The molecule has 0 aromatic heterocycles. The van der Waals surface area contributed by atoms with Crippen molar-refractivity contribution in [2.75, 3.05) is 24.2 Å². The van der Waals surface area contributed by atoms with E-state index in [1.165, 1.54) is 0 Å². The highest BCUT2D eigenvalue weighted by Crippen LogP contribution is 2.16. The molecule has 2 aromatic carbocycles. The molecule has 0 radical (unpaired) electrons. The van der Waals surface area contributed by atoms with Crippen LogP contribution in [-0.4, -0.2) is 13.2 Å². The van der Waals surface area contributed by atoms with Crippen LogP contribution in [0, 0.1) is 0 Å². The summed E-state index contributed by atoms with van der Waals surface area (Å²) in [5, 5.41) is 3.28. The average molecular weight is 307 g/mol. The van der Waals surface area contributed by atoms with Crippen LogP contribution in [0.25, 0.3) is 0 Å². The van der Waals surface area contributed by atoms with Crippen molar-refractivity contribution >= 4 is 27.3 Å². The zero-order valence-electron chi connectivity index (χ0n) is 9.90. The van der Waals surface area contributed by atoms with Crippen LogP contribution < -0.4 is 15.8 Å². The Morgan fingerprint density at radius 2 is 1.94 bits per heavy atom. The lowest BCUT2D eigenvalue weighted by Gasteiger charge is -2.09. The van der Waals surface area contributed by atoms with Crippen molar-refractivity contribution in [3.05, 3.63) is 53.0 Å². The Hall–Kier alpha value is -1.68. The maximum atomic E-state index is 5.67. The smallest absolute Gasteiger partial charge is 0.121 e. The highest BCUT2D eigenvalue weighted by molar-refractivity contribution is 9.10. The van der Waals surface area contributed by atoms with E-state index in [1.54, 1.807) is 0 Å². The fraction of sp³-hybridized carbons (Fsp3) is 0.143. The number of anilines is 2. The van der Waals surface area contributed by atoms with Crippen molar-refractivity contribution in [3.8, 4) is 5.75 Å². The third kappa shape index (κ3) is 3.96. The molecule has 0 heterocycles. The highest BCUT2D eigenvalue weighted by atomic mass is 79.9. The molecule has 0 aliphatic heterocycles. The molecule has 18 heavy (non-hydrogen) atoms. The number of nitrogen functional groups attached to an aromatic ring is 1. The van der Waals surface area contributed by atoms with Crippen molar-refractivity contribution < 1.29 is 4.74 Å². The Morgan fingerprint density at radius 1 is 1.11 bits per heavy atom. The summed E-state index contributed by atoms with van der Waals surface area (Å²) in [6.45, 7) is 1.33.